The average molecular weight is 442 g/mol. The molecule has 0 bridgehead atoms. The van der Waals surface area contributed by atoms with E-state index in [1.54, 1.807) is 0 Å². The molecule has 176 valence electrons. The lowest BCUT2D eigenvalue weighted by Crippen LogP contribution is -2.56. The molecule has 6 heteroatoms. The monoisotopic (exact) mass is 441 g/mol. The Balaban J connectivity index is 1.51. The molecule has 2 saturated carbocycles. The second kappa shape index (κ2) is 9.42. The molecule has 1 aromatic rings. The molecule has 6 nitrogen and oxygen atoms in total. The molecule has 1 saturated heterocycles. The Kier molecular flexibility index (Phi) is 6.80. The highest BCUT2D eigenvalue weighted by Crippen LogP contribution is 2.49. The summed E-state index contributed by atoms with van der Waals surface area (Å²) in [6.45, 7) is 2.32. The minimum absolute atomic E-state index is 0.0238. The topological polar surface area (TPSA) is 53.1 Å². The number of nitrogens with zero attached hydrogens (tertiary/aromatic N) is 3. The first-order valence-electron chi connectivity index (χ1n) is 12.3. The van der Waals surface area contributed by atoms with Crippen molar-refractivity contribution in [3.05, 3.63) is 35.9 Å². The van der Waals surface area contributed by atoms with Gasteiger partial charge in [0.15, 0.2) is 0 Å². The smallest absolute Gasteiger partial charge is 0.320 e. The van der Waals surface area contributed by atoms with Gasteiger partial charge in [0, 0.05) is 31.6 Å². The van der Waals surface area contributed by atoms with Crippen molar-refractivity contribution in [3.63, 3.8) is 0 Å². The third-order valence-corrected chi connectivity index (χ3v) is 8.44. The molecule has 0 N–H and O–H groups in total. The molecule has 0 unspecified atom stereocenters. The molecule has 0 atom stereocenters. The van der Waals surface area contributed by atoms with E-state index >= 15 is 0 Å². The van der Waals surface area contributed by atoms with Crippen LogP contribution in [0.1, 0.15) is 63.4 Å². The largest absolute Gasteiger partial charge is 0.469 e. The van der Waals surface area contributed by atoms with E-state index in [1.165, 1.54) is 31.9 Å². The molecule has 32 heavy (non-hydrogen) atoms. The lowest BCUT2D eigenvalue weighted by atomic mass is 9.68. The summed E-state index contributed by atoms with van der Waals surface area (Å²) in [5.74, 6) is 0.453. The fraction of sp³-hybridized carbons (Fsp3) is 0.692. The SMILES string of the molecule is COC(=O)CCCN1C[C@]2(CC[C@@](c3ccccc3)(N(C)C)CC2)N(CC2CCC2)C1=O. The van der Waals surface area contributed by atoms with Crippen LogP contribution in [0.25, 0.3) is 0 Å². The predicted molar refractivity (Wildman–Crippen MR) is 125 cm³/mol. The van der Waals surface area contributed by atoms with E-state index in [-0.39, 0.29) is 23.1 Å². The van der Waals surface area contributed by atoms with Gasteiger partial charge in [-0.2, -0.15) is 0 Å². The summed E-state index contributed by atoms with van der Waals surface area (Å²) in [6, 6.07) is 11.0. The number of benzene rings is 1. The minimum atomic E-state index is -0.200. The van der Waals surface area contributed by atoms with E-state index < -0.39 is 0 Å². The Morgan fingerprint density at radius 2 is 1.81 bits per heavy atom. The maximum Gasteiger partial charge on any atom is 0.320 e. The average Bonchev–Trinajstić information content (AvgIpc) is 3.02. The lowest BCUT2D eigenvalue weighted by Gasteiger charge is -2.51. The molecule has 2 aliphatic carbocycles. The van der Waals surface area contributed by atoms with Crippen molar-refractivity contribution >= 4 is 12.0 Å². The normalized spacial score (nSPS) is 28.4. The Morgan fingerprint density at radius 1 is 1.12 bits per heavy atom. The second-order valence-electron chi connectivity index (χ2n) is 10.3. The van der Waals surface area contributed by atoms with Gasteiger partial charge in [-0.15, -0.1) is 0 Å². The predicted octanol–water partition coefficient (Wildman–Crippen LogP) is 4.25. The van der Waals surface area contributed by atoms with Crippen LogP contribution in [-0.2, 0) is 15.1 Å². The van der Waals surface area contributed by atoms with Gasteiger partial charge in [-0.25, -0.2) is 4.79 Å². The Morgan fingerprint density at radius 3 is 2.38 bits per heavy atom. The fourth-order valence-electron chi connectivity index (χ4n) is 6.08. The van der Waals surface area contributed by atoms with E-state index in [4.69, 9.17) is 4.74 Å². The van der Waals surface area contributed by atoms with Gasteiger partial charge in [0.05, 0.1) is 12.6 Å². The molecule has 3 fully saturated rings. The molecule has 3 aliphatic rings. The van der Waals surface area contributed by atoms with E-state index in [0.717, 1.165) is 38.8 Å². The Hall–Kier alpha value is -2.08. The highest BCUT2D eigenvalue weighted by atomic mass is 16.5. The van der Waals surface area contributed by atoms with Crippen LogP contribution in [-0.4, -0.2) is 73.1 Å². The van der Waals surface area contributed by atoms with Crippen molar-refractivity contribution in [1.82, 2.24) is 14.7 Å². The first-order valence-corrected chi connectivity index (χ1v) is 12.3. The standard InChI is InChI=1S/C26H39N3O3/c1-27(2)26(22-11-5-4-6-12-22)16-14-25(15-17-26)20-28(18-8-13-23(30)32-3)24(31)29(25)19-21-9-7-10-21/h4-6,11-12,21H,7-10,13-20H2,1-3H3/t25-,26-. The van der Waals surface area contributed by atoms with Gasteiger partial charge in [-0.1, -0.05) is 36.8 Å². The quantitative estimate of drug-likeness (QED) is 0.566. The van der Waals surface area contributed by atoms with E-state index in [9.17, 15) is 9.59 Å². The molecule has 1 spiro atoms. The number of rotatable bonds is 8. The number of carbonyl (C=O) groups excluding carboxylic acids is 2. The Bertz CT molecular complexity index is 798. The summed E-state index contributed by atoms with van der Waals surface area (Å²) < 4.78 is 4.78. The van der Waals surface area contributed by atoms with Crippen molar-refractivity contribution in [3.8, 4) is 0 Å². The third kappa shape index (κ3) is 4.26. The van der Waals surface area contributed by atoms with E-state index in [1.807, 2.05) is 4.90 Å². The van der Waals surface area contributed by atoms with Gasteiger partial charge in [0.1, 0.15) is 0 Å². The molecule has 2 amide bonds. The first kappa shape index (κ1) is 23.1. The number of methoxy groups -OCH3 is 1. The van der Waals surface area contributed by atoms with Gasteiger partial charge in [-0.05, 0) is 70.5 Å². The summed E-state index contributed by atoms with van der Waals surface area (Å²) in [7, 11) is 5.80. The number of hydrogen-bond donors (Lipinski definition) is 0. The Labute approximate surface area is 192 Å². The summed E-state index contributed by atoms with van der Waals surface area (Å²) in [5, 5.41) is 0. The van der Waals surface area contributed by atoms with Gasteiger partial charge in [0.25, 0.3) is 0 Å². The summed E-state index contributed by atoms with van der Waals surface area (Å²) in [4.78, 5) is 31.7. The van der Waals surface area contributed by atoms with Crippen LogP contribution in [0.3, 0.4) is 0 Å². The fourth-order valence-corrected chi connectivity index (χ4v) is 6.08. The number of amides is 2. The molecule has 1 aliphatic heterocycles. The van der Waals surface area contributed by atoms with Crippen molar-refractivity contribution < 1.29 is 14.3 Å². The van der Waals surface area contributed by atoms with Crippen molar-refractivity contribution in [2.24, 2.45) is 5.92 Å². The van der Waals surface area contributed by atoms with Crippen LogP contribution in [0.5, 0.6) is 0 Å². The molecule has 4 rings (SSSR count). The van der Waals surface area contributed by atoms with Gasteiger partial charge in [-0.3, -0.25) is 9.69 Å². The van der Waals surface area contributed by atoms with Crippen molar-refractivity contribution in [1.29, 1.82) is 0 Å². The van der Waals surface area contributed by atoms with Crippen molar-refractivity contribution in [2.45, 2.75) is 68.9 Å². The van der Waals surface area contributed by atoms with Crippen LogP contribution in [0.15, 0.2) is 30.3 Å². The number of urea groups is 1. The molecular weight excluding hydrogens is 402 g/mol. The lowest BCUT2D eigenvalue weighted by molar-refractivity contribution is -0.140. The van der Waals surface area contributed by atoms with Crippen LogP contribution >= 0.6 is 0 Å². The zero-order valence-electron chi connectivity index (χ0n) is 20.0. The maximum atomic E-state index is 13.5. The third-order valence-electron chi connectivity index (χ3n) is 8.44. The summed E-state index contributed by atoms with van der Waals surface area (Å²) in [6.07, 6.45) is 8.95. The number of ether oxygens (including phenoxy) is 1. The summed E-state index contributed by atoms with van der Waals surface area (Å²) in [5.41, 5.74) is 1.33. The van der Waals surface area contributed by atoms with Crippen LogP contribution in [0.4, 0.5) is 4.79 Å². The summed E-state index contributed by atoms with van der Waals surface area (Å²) >= 11 is 0. The number of carbonyl (C=O) groups is 2. The highest BCUT2D eigenvalue weighted by molar-refractivity contribution is 5.78. The molecule has 1 heterocycles. The zero-order chi connectivity index (χ0) is 22.8. The maximum absolute atomic E-state index is 13.5. The molecule has 0 aromatic heterocycles. The molecular formula is C26H39N3O3. The van der Waals surface area contributed by atoms with Crippen LogP contribution < -0.4 is 0 Å². The van der Waals surface area contributed by atoms with Gasteiger partial charge in [0.2, 0.25) is 0 Å². The first-order chi connectivity index (χ1) is 15.4. The van der Waals surface area contributed by atoms with Crippen LogP contribution in [0, 0.1) is 5.92 Å². The van der Waals surface area contributed by atoms with Crippen molar-refractivity contribution in [2.75, 3.05) is 40.8 Å². The highest BCUT2D eigenvalue weighted by Gasteiger charge is 2.54. The number of esters is 1. The number of hydrogen-bond acceptors (Lipinski definition) is 4. The van der Waals surface area contributed by atoms with E-state index in [0.29, 0.717) is 25.3 Å². The zero-order valence-corrected chi connectivity index (χ0v) is 20.0. The van der Waals surface area contributed by atoms with E-state index in [2.05, 4.69) is 54.2 Å². The van der Waals surface area contributed by atoms with Gasteiger partial charge >= 0.3 is 12.0 Å². The molecule has 0 radical (unpaired) electrons. The molecule has 1 aromatic carbocycles. The van der Waals surface area contributed by atoms with Gasteiger partial charge < -0.3 is 14.5 Å². The minimum Gasteiger partial charge on any atom is -0.469 e. The van der Waals surface area contributed by atoms with Crippen LogP contribution in [0.2, 0.25) is 0 Å². The second-order valence-corrected chi connectivity index (χ2v) is 10.3.